The van der Waals surface area contributed by atoms with Crippen molar-refractivity contribution < 1.29 is 9.90 Å². The minimum Gasteiger partial charge on any atom is -0.480 e. The van der Waals surface area contributed by atoms with Crippen LogP contribution < -0.4 is 5.32 Å². The average molecular weight is 240 g/mol. The zero-order valence-electron chi connectivity index (χ0n) is 10.9. The lowest BCUT2D eigenvalue weighted by atomic mass is 9.76. The molecule has 4 atom stereocenters. The van der Waals surface area contributed by atoms with Crippen molar-refractivity contribution in [2.75, 3.05) is 19.6 Å². The van der Waals surface area contributed by atoms with E-state index in [4.69, 9.17) is 0 Å². The van der Waals surface area contributed by atoms with Gasteiger partial charge in [-0.05, 0) is 18.3 Å². The summed E-state index contributed by atoms with van der Waals surface area (Å²) in [5.41, 5.74) is 0. The fourth-order valence-electron chi connectivity index (χ4n) is 3.37. The summed E-state index contributed by atoms with van der Waals surface area (Å²) < 4.78 is 0. The number of carboxylic acids is 1. The quantitative estimate of drug-likeness (QED) is 0.761. The van der Waals surface area contributed by atoms with Gasteiger partial charge in [-0.3, -0.25) is 9.69 Å². The monoisotopic (exact) mass is 240 g/mol. The molecule has 4 unspecified atom stereocenters. The Bertz CT molecular complexity index is 283. The highest BCUT2D eigenvalue weighted by atomic mass is 16.4. The van der Waals surface area contributed by atoms with E-state index in [0.717, 1.165) is 25.4 Å². The van der Waals surface area contributed by atoms with Crippen LogP contribution in [0.15, 0.2) is 0 Å². The van der Waals surface area contributed by atoms with Gasteiger partial charge in [-0.15, -0.1) is 0 Å². The highest BCUT2D eigenvalue weighted by Crippen LogP contribution is 2.33. The number of nitrogens with one attached hydrogen (secondary N) is 1. The average Bonchev–Trinajstić information content (AvgIpc) is 2.33. The summed E-state index contributed by atoms with van der Waals surface area (Å²) in [6.07, 6.45) is 3.70. The molecule has 1 saturated carbocycles. The van der Waals surface area contributed by atoms with Crippen molar-refractivity contribution in [2.24, 2.45) is 11.8 Å². The molecule has 1 aliphatic carbocycles. The van der Waals surface area contributed by atoms with Crippen LogP contribution in [0.3, 0.4) is 0 Å². The molecule has 0 aromatic carbocycles. The maximum Gasteiger partial charge on any atom is 0.322 e. The zero-order chi connectivity index (χ0) is 12.4. The standard InChI is InChI=1S/C13H24N2O2/c1-9-4-3-5-11(10(9)2)15-7-6-14-8-12(15)13(16)17/h9-12,14H,3-8H2,1-2H3,(H,16,17). The third-order valence-electron chi connectivity index (χ3n) is 4.66. The Balaban J connectivity index is 2.09. The maximum atomic E-state index is 11.3. The molecule has 17 heavy (non-hydrogen) atoms. The van der Waals surface area contributed by atoms with Crippen molar-refractivity contribution in [1.82, 2.24) is 10.2 Å². The van der Waals surface area contributed by atoms with E-state index in [2.05, 4.69) is 24.1 Å². The predicted molar refractivity (Wildman–Crippen MR) is 67.0 cm³/mol. The summed E-state index contributed by atoms with van der Waals surface area (Å²) in [5, 5.41) is 12.5. The van der Waals surface area contributed by atoms with Crippen molar-refractivity contribution >= 4 is 5.97 Å². The molecular formula is C13H24N2O2. The molecule has 2 N–H and O–H groups in total. The smallest absolute Gasteiger partial charge is 0.322 e. The maximum absolute atomic E-state index is 11.3. The van der Waals surface area contributed by atoms with Gasteiger partial charge in [0.05, 0.1) is 0 Å². The Kier molecular flexibility index (Phi) is 4.05. The van der Waals surface area contributed by atoms with Gasteiger partial charge in [0, 0.05) is 25.7 Å². The first kappa shape index (κ1) is 12.8. The Morgan fingerprint density at radius 2 is 2.12 bits per heavy atom. The fraction of sp³-hybridized carbons (Fsp3) is 0.923. The second kappa shape index (κ2) is 5.36. The molecule has 4 heteroatoms. The molecule has 0 bridgehead atoms. The first-order valence-electron chi connectivity index (χ1n) is 6.80. The van der Waals surface area contributed by atoms with Crippen molar-refractivity contribution in [3.63, 3.8) is 0 Å². The molecule has 2 rings (SSSR count). The third-order valence-corrected chi connectivity index (χ3v) is 4.66. The zero-order valence-corrected chi connectivity index (χ0v) is 10.9. The van der Waals surface area contributed by atoms with E-state index in [1.807, 2.05) is 0 Å². The van der Waals surface area contributed by atoms with Crippen LogP contribution in [0.1, 0.15) is 33.1 Å². The molecule has 0 aromatic rings. The van der Waals surface area contributed by atoms with E-state index in [9.17, 15) is 9.90 Å². The van der Waals surface area contributed by atoms with Crippen molar-refractivity contribution in [2.45, 2.75) is 45.2 Å². The largest absolute Gasteiger partial charge is 0.480 e. The topological polar surface area (TPSA) is 52.6 Å². The highest BCUT2D eigenvalue weighted by molar-refractivity contribution is 5.74. The van der Waals surface area contributed by atoms with Crippen LogP contribution in [-0.4, -0.2) is 47.7 Å². The number of rotatable bonds is 2. The van der Waals surface area contributed by atoms with Crippen LogP contribution in [0.2, 0.25) is 0 Å². The van der Waals surface area contributed by atoms with E-state index in [1.54, 1.807) is 0 Å². The molecule has 1 saturated heterocycles. The van der Waals surface area contributed by atoms with Gasteiger partial charge in [-0.1, -0.05) is 26.7 Å². The molecule has 1 aliphatic heterocycles. The van der Waals surface area contributed by atoms with Crippen molar-refractivity contribution in [3.8, 4) is 0 Å². The van der Waals surface area contributed by atoms with Crippen LogP contribution in [0.5, 0.6) is 0 Å². The SMILES string of the molecule is CC1CCCC(N2CCNCC2C(=O)O)C1C. The lowest BCUT2D eigenvalue weighted by Crippen LogP contribution is -2.60. The minimum absolute atomic E-state index is 0.332. The van der Waals surface area contributed by atoms with E-state index in [0.29, 0.717) is 18.5 Å². The molecule has 0 spiro atoms. The number of hydrogen-bond donors (Lipinski definition) is 2. The van der Waals surface area contributed by atoms with E-state index < -0.39 is 5.97 Å². The summed E-state index contributed by atoms with van der Waals surface area (Å²) in [6.45, 7) is 6.97. The second-order valence-electron chi connectivity index (χ2n) is 5.63. The second-order valence-corrected chi connectivity index (χ2v) is 5.63. The molecule has 2 fully saturated rings. The summed E-state index contributed by atoms with van der Waals surface area (Å²) in [6, 6.07) is 0.128. The van der Waals surface area contributed by atoms with E-state index in [1.165, 1.54) is 12.8 Å². The Labute approximate surface area is 103 Å². The number of hydrogen-bond acceptors (Lipinski definition) is 3. The molecule has 1 heterocycles. The van der Waals surface area contributed by atoms with Gasteiger partial charge >= 0.3 is 5.97 Å². The number of piperazine rings is 1. The lowest BCUT2D eigenvalue weighted by molar-refractivity contribution is -0.146. The van der Waals surface area contributed by atoms with Crippen molar-refractivity contribution in [1.29, 1.82) is 0 Å². The molecule has 0 amide bonds. The van der Waals surface area contributed by atoms with Gasteiger partial charge in [0.15, 0.2) is 0 Å². The molecular weight excluding hydrogens is 216 g/mol. The number of carboxylic acid groups (broad SMARTS) is 1. The van der Waals surface area contributed by atoms with Crippen LogP contribution in [-0.2, 0) is 4.79 Å². The highest BCUT2D eigenvalue weighted by Gasteiger charge is 2.38. The summed E-state index contributed by atoms with van der Waals surface area (Å²) in [5.74, 6) is 0.657. The van der Waals surface area contributed by atoms with Gasteiger partial charge in [-0.2, -0.15) is 0 Å². The third kappa shape index (κ3) is 2.63. The summed E-state index contributed by atoms with van der Waals surface area (Å²) >= 11 is 0. The minimum atomic E-state index is -0.678. The molecule has 4 nitrogen and oxygen atoms in total. The van der Waals surface area contributed by atoms with Gasteiger partial charge in [0.1, 0.15) is 6.04 Å². The summed E-state index contributed by atoms with van der Waals surface area (Å²) in [4.78, 5) is 13.5. The van der Waals surface area contributed by atoms with Gasteiger partial charge < -0.3 is 10.4 Å². The van der Waals surface area contributed by atoms with Crippen LogP contribution in [0.25, 0.3) is 0 Å². The van der Waals surface area contributed by atoms with Crippen molar-refractivity contribution in [3.05, 3.63) is 0 Å². The van der Waals surface area contributed by atoms with Crippen LogP contribution in [0, 0.1) is 11.8 Å². The Hall–Kier alpha value is -0.610. The molecule has 0 radical (unpaired) electrons. The number of nitrogens with zero attached hydrogens (tertiary/aromatic N) is 1. The van der Waals surface area contributed by atoms with Gasteiger partial charge in [0.25, 0.3) is 0 Å². The van der Waals surface area contributed by atoms with Gasteiger partial charge in [0.2, 0.25) is 0 Å². The lowest BCUT2D eigenvalue weighted by Gasteiger charge is -2.46. The van der Waals surface area contributed by atoms with Gasteiger partial charge in [-0.25, -0.2) is 0 Å². The molecule has 98 valence electrons. The predicted octanol–water partition coefficient (Wildman–Crippen LogP) is 1.17. The van der Waals surface area contributed by atoms with Crippen LogP contribution in [0.4, 0.5) is 0 Å². The first-order chi connectivity index (χ1) is 8.11. The molecule has 0 aromatic heterocycles. The van der Waals surface area contributed by atoms with Crippen LogP contribution >= 0.6 is 0 Å². The fourth-order valence-corrected chi connectivity index (χ4v) is 3.37. The Morgan fingerprint density at radius 3 is 2.82 bits per heavy atom. The molecule has 2 aliphatic rings. The first-order valence-corrected chi connectivity index (χ1v) is 6.80. The number of carbonyl (C=O) groups is 1. The summed E-state index contributed by atoms with van der Waals surface area (Å²) in [7, 11) is 0. The Morgan fingerprint density at radius 1 is 1.35 bits per heavy atom. The van der Waals surface area contributed by atoms with E-state index >= 15 is 0 Å². The van der Waals surface area contributed by atoms with E-state index in [-0.39, 0.29) is 6.04 Å². The number of aliphatic carboxylic acids is 1. The normalized spacial score (nSPS) is 40.1.